The highest BCUT2D eigenvalue weighted by Gasteiger charge is 2.40. The number of thiophene rings is 1. The molecule has 5 nitrogen and oxygen atoms in total. The zero-order valence-corrected chi connectivity index (χ0v) is 14.5. The molecule has 0 unspecified atom stereocenters. The summed E-state index contributed by atoms with van der Waals surface area (Å²) in [5.74, 6) is -0.557. The maximum Gasteiger partial charge on any atom is 0.312 e. The summed E-state index contributed by atoms with van der Waals surface area (Å²) in [6.07, 6.45) is 2.15. The van der Waals surface area contributed by atoms with Crippen LogP contribution in [0.15, 0.2) is 41.9 Å². The van der Waals surface area contributed by atoms with Crippen molar-refractivity contribution in [1.29, 1.82) is 0 Å². The van der Waals surface area contributed by atoms with Gasteiger partial charge in [-0.05, 0) is 36.9 Å². The van der Waals surface area contributed by atoms with Crippen LogP contribution in [0.2, 0.25) is 0 Å². The molecule has 24 heavy (non-hydrogen) atoms. The van der Waals surface area contributed by atoms with E-state index in [4.69, 9.17) is 4.74 Å². The number of hydrogen-bond donors (Lipinski definition) is 0. The Bertz CT molecular complexity index is 702. The number of pyridine rings is 1. The Morgan fingerprint density at radius 2 is 2.21 bits per heavy atom. The van der Waals surface area contributed by atoms with Gasteiger partial charge in [0.1, 0.15) is 6.10 Å². The fourth-order valence-electron chi connectivity index (χ4n) is 3.07. The standard InChI is InChI=1S/C18H20N2O3S/c1-12(14-6-3-4-10-19-14)23-18(22)13-8-9-16(21)20(2)17(13)15-7-5-11-24-15/h3-7,10-13,17H,8-9H2,1-2H3/t12-,13+,17-/m0/s1. The molecule has 2 aromatic rings. The highest BCUT2D eigenvalue weighted by atomic mass is 32.1. The largest absolute Gasteiger partial charge is 0.456 e. The van der Waals surface area contributed by atoms with Crippen molar-refractivity contribution in [2.45, 2.75) is 31.9 Å². The third-order valence-electron chi connectivity index (χ3n) is 4.40. The van der Waals surface area contributed by atoms with E-state index in [2.05, 4.69) is 4.98 Å². The molecule has 6 heteroatoms. The SMILES string of the molecule is C[C@H](OC(=O)[C@@H]1CCC(=O)N(C)[C@@H]1c1cccs1)c1ccccn1. The number of hydrogen-bond acceptors (Lipinski definition) is 5. The minimum Gasteiger partial charge on any atom is -0.456 e. The molecule has 1 amide bonds. The van der Waals surface area contributed by atoms with Crippen molar-refractivity contribution >= 4 is 23.2 Å². The molecule has 1 saturated heterocycles. The highest BCUT2D eigenvalue weighted by Crippen LogP contribution is 2.39. The minimum atomic E-state index is -0.411. The van der Waals surface area contributed by atoms with Gasteiger partial charge in [0, 0.05) is 24.5 Å². The Morgan fingerprint density at radius 3 is 2.88 bits per heavy atom. The normalized spacial score (nSPS) is 22.2. The quantitative estimate of drug-likeness (QED) is 0.798. The van der Waals surface area contributed by atoms with Crippen LogP contribution in [0.1, 0.15) is 42.5 Å². The van der Waals surface area contributed by atoms with Crippen LogP contribution in [-0.2, 0) is 14.3 Å². The first-order chi connectivity index (χ1) is 11.6. The van der Waals surface area contributed by atoms with Crippen LogP contribution >= 0.6 is 11.3 Å². The maximum atomic E-state index is 12.8. The average Bonchev–Trinajstić information content (AvgIpc) is 3.12. The zero-order chi connectivity index (χ0) is 17.1. The molecule has 3 atom stereocenters. The van der Waals surface area contributed by atoms with Crippen molar-refractivity contribution in [3.8, 4) is 0 Å². The molecule has 0 radical (unpaired) electrons. The van der Waals surface area contributed by atoms with Crippen molar-refractivity contribution in [3.05, 3.63) is 52.5 Å². The lowest BCUT2D eigenvalue weighted by molar-refractivity contribution is -0.160. The van der Waals surface area contributed by atoms with Crippen molar-refractivity contribution in [1.82, 2.24) is 9.88 Å². The predicted molar refractivity (Wildman–Crippen MR) is 91.3 cm³/mol. The van der Waals surface area contributed by atoms with Crippen molar-refractivity contribution in [2.75, 3.05) is 7.05 Å². The second-order valence-corrected chi connectivity index (χ2v) is 6.92. The molecule has 1 aliphatic heterocycles. The predicted octanol–water partition coefficient (Wildman–Crippen LogP) is 3.36. The van der Waals surface area contributed by atoms with Gasteiger partial charge in [0.05, 0.1) is 17.7 Å². The first kappa shape index (κ1) is 16.6. The summed E-state index contributed by atoms with van der Waals surface area (Å²) in [6.45, 7) is 1.82. The first-order valence-corrected chi connectivity index (χ1v) is 8.86. The van der Waals surface area contributed by atoms with Crippen molar-refractivity contribution in [3.63, 3.8) is 0 Å². The maximum absolute atomic E-state index is 12.8. The second-order valence-electron chi connectivity index (χ2n) is 5.94. The Balaban J connectivity index is 1.78. The van der Waals surface area contributed by atoms with Crippen LogP contribution in [0, 0.1) is 5.92 Å². The van der Waals surface area contributed by atoms with Crippen LogP contribution < -0.4 is 0 Å². The van der Waals surface area contributed by atoms with Gasteiger partial charge < -0.3 is 9.64 Å². The van der Waals surface area contributed by atoms with Gasteiger partial charge in [-0.25, -0.2) is 0 Å². The van der Waals surface area contributed by atoms with E-state index in [1.807, 2.05) is 42.6 Å². The summed E-state index contributed by atoms with van der Waals surface area (Å²) in [7, 11) is 1.76. The lowest BCUT2D eigenvalue weighted by Crippen LogP contribution is -2.43. The monoisotopic (exact) mass is 344 g/mol. The number of likely N-dealkylation sites (tertiary alicyclic amines) is 1. The molecule has 3 rings (SSSR count). The molecule has 1 aliphatic rings. The lowest BCUT2D eigenvalue weighted by atomic mass is 9.88. The molecule has 0 aromatic carbocycles. The number of amides is 1. The van der Waals surface area contributed by atoms with E-state index >= 15 is 0 Å². The van der Waals surface area contributed by atoms with E-state index < -0.39 is 6.10 Å². The topological polar surface area (TPSA) is 59.5 Å². The third kappa shape index (κ3) is 3.33. The molecule has 0 N–H and O–H groups in total. The summed E-state index contributed by atoms with van der Waals surface area (Å²) in [6, 6.07) is 9.18. The van der Waals surface area contributed by atoms with E-state index in [-0.39, 0.29) is 23.8 Å². The first-order valence-electron chi connectivity index (χ1n) is 7.98. The number of ether oxygens (including phenoxy) is 1. The van der Waals surface area contributed by atoms with Crippen LogP contribution in [0.3, 0.4) is 0 Å². The average molecular weight is 344 g/mol. The Labute approximate surface area is 145 Å². The third-order valence-corrected chi connectivity index (χ3v) is 5.34. The van der Waals surface area contributed by atoms with Crippen molar-refractivity contribution < 1.29 is 14.3 Å². The molecule has 126 valence electrons. The molecule has 0 bridgehead atoms. The van der Waals surface area contributed by atoms with Gasteiger partial charge in [0.25, 0.3) is 0 Å². The number of rotatable bonds is 4. The summed E-state index contributed by atoms with van der Waals surface area (Å²) in [4.78, 5) is 31.8. The highest BCUT2D eigenvalue weighted by molar-refractivity contribution is 7.10. The van der Waals surface area contributed by atoms with E-state index in [9.17, 15) is 9.59 Å². The van der Waals surface area contributed by atoms with Gasteiger partial charge in [-0.1, -0.05) is 12.1 Å². The number of nitrogens with zero attached hydrogens (tertiary/aromatic N) is 2. The van der Waals surface area contributed by atoms with Gasteiger partial charge in [0.2, 0.25) is 5.91 Å². The Kier molecular flexibility index (Phi) is 4.94. The second kappa shape index (κ2) is 7.13. The summed E-state index contributed by atoms with van der Waals surface area (Å²) < 4.78 is 5.65. The molecular weight excluding hydrogens is 324 g/mol. The molecule has 2 aromatic heterocycles. The summed E-state index contributed by atoms with van der Waals surface area (Å²) >= 11 is 1.56. The fourth-order valence-corrected chi connectivity index (χ4v) is 4.01. The summed E-state index contributed by atoms with van der Waals surface area (Å²) in [5.41, 5.74) is 0.721. The van der Waals surface area contributed by atoms with Gasteiger partial charge in [0.15, 0.2) is 0 Å². The van der Waals surface area contributed by atoms with Crippen LogP contribution in [-0.4, -0.2) is 28.8 Å². The minimum absolute atomic E-state index is 0.0650. The smallest absolute Gasteiger partial charge is 0.312 e. The van der Waals surface area contributed by atoms with E-state index in [0.29, 0.717) is 12.8 Å². The zero-order valence-electron chi connectivity index (χ0n) is 13.7. The molecule has 0 aliphatic carbocycles. The van der Waals surface area contributed by atoms with E-state index in [1.165, 1.54) is 0 Å². The molecule has 0 spiro atoms. The van der Waals surface area contributed by atoms with Crippen molar-refractivity contribution in [2.24, 2.45) is 5.92 Å². The van der Waals surface area contributed by atoms with Gasteiger partial charge in [-0.3, -0.25) is 14.6 Å². The Hall–Kier alpha value is -2.21. The number of esters is 1. The van der Waals surface area contributed by atoms with Gasteiger partial charge >= 0.3 is 5.97 Å². The van der Waals surface area contributed by atoms with Gasteiger partial charge in [-0.2, -0.15) is 0 Å². The molecule has 0 saturated carbocycles. The number of carbonyl (C=O) groups excluding carboxylic acids is 2. The lowest BCUT2D eigenvalue weighted by Gasteiger charge is -2.37. The molecular formula is C18H20N2O3S. The van der Waals surface area contributed by atoms with Gasteiger partial charge in [-0.15, -0.1) is 11.3 Å². The number of carbonyl (C=O) groups is 2. The number of piperidine rings is 1. The summed E-state index contributed by atoms with van der Waals surface area (Å²) in [5, 5.41) is 1.96. The number of aromatic nitrogens is 1. The molecule has 1 fully saturated rings. The molecule has 3 heterocycles. The van der Waals surface area contributed by atoms with E-state index in [1.54, 1.807) is 29.5 Å². The van der Waals surface area contributed by atoms with E-state index in [0.717, 1.165) is 10.6 Å². The van der Waals surface area contributed by atoms with Crippen LogP contribution in [0.25, 0.3) is 0 Å². The van der Waals surface area contributed by atoms with Crippen LogP contribution in [0.5, 0.6) is 0 Å². The Morgan fingerprint density at radius 1 is 1.38 bits per heavy atom. The fraction of sp³-hybridized carbons (Fsp3) is 0.389. The van der Waals surface area contributed by atoms with Crippen LogP contribution in [0.4, 0.5) is 0 Å².